The topological polar surface area (TPSA) is 39.9 Å². The van der Waals surface area contributed by atoms with Crippen molar-refractivity contribution in [3.63, 3.8) is 0 Å². The summed E-state index contributed by atoms with van der Waals surface area (Å²) in [5, 5.41) is 4.11. The third-order valence-corrected chi connectivity index (χ3v) is 1.88. The first kappa shape index (κ1) is 9.64. The molecular formula is C10H10FN3O. The molecule has 0 saturated carbocycles. The van der Waals surface area contributed by atoms with Crippen LogP contribution in [-0.4, -0.2) is 14.8 Å². The second-order valence-corrected chi connectivity index (χ2v) is 3.16. The van der Waals surface area contributed by atoms with Gasteiger partial charge in [0, 0.05) is 25.4 Å². The molecule has 0 unspecified atom stereocenters. The van der Waals surface area contributed by atoms with Crippen LogP contribution in [0.3, 0.4) is 0 Å². The van der Waals surface area contributed by atoms with Gasteiger partial charge in [-0.05, 0) is 13.0 Å². The maximum Gasteiger partial charge on any atom is 0.217 e. The minimum absolute atomic E-state index is 0.408. The molecule has 0 radical (unpaired) electrons. The van der Waals surface area contributed by atoms with Gasteiger partial charge in [-0.1, -0.05) is 0 Å². The predicted octanol–water partition coefficient (Wildman–Crippen LogP) is 2.05. The minimum atomic E-state index is -0.564. The van der Waals surface area contributed by atoms with Gasteiger partial charge in [-0.15, -0.1) is 0 Å². The second-order valence-electron chi connectivity index (χ2n) is 3.16. The van der Waals surface area contributed by atoms with Crippen molar-refractivity contribution in [1.82, 2.24) is 14.8 Å². The first-order valence-electron chi connectivity index (χ1n) is 4.45. The average molecular weight is 207 g/mol. The quantitative estimate of drug-likeness (QED) is 0.707. The Morgan fingerprint density at radius 3 is 2.80 bits per heavy atom. The van der Waals surface area contributed by atoms with Crippen LogP contribution in [-0.2, 0) is 7.05 Å². The number of hydrogen-bond acceptors (Lipinski definition) is 3. The van der Waals surface area contributed by atoms with Crippen LogP contribution in [0.15, 0.2) is 24.4 Å². The van der Waals surface area contributed by atoms with Crippen molar-refractivity contribution in [2.24, 2.45) is 7.05 Å². The predicted molar refractivity (Wildman–Crippen MR) is 52.2 cm³/mol. The molecule has 5 heteroatoms. The molecule has 0 fully saturated rings. The SMILES string of the molecule is Cc1cc(Oc2ccnc(F)c2)n(C)n1. The van der Waals surface area contributed by atoms with Crippen LogP contribution < -0.4 is 4.74 Å². The van der Waals surface area contributed by atoms with Gasteiger partial charge < -0.3 is 4.74 Å². The van der Waals surface area contributed by atoms with E-state index in [1.54, 1.807) is 23.9 Å². The van der Waals surface area contributed by atoms with E-state index in [1.807, 2.05) is 6.92 Å². The van der Waals surface area contributed by atoms with Crippen molar-refractivity contribution in [2.45, 2.75) is 6.92 Å². The Bertz CT molecular complexity index is 481. The van der Waals surface area contributed by atoms with Crippen LogP contribution in [0.1, 0.15) is 5.69 Å². The maximum absolute atomic E-state index is 12.8. The van der Waals surface area contributed by atoms with Crippen LogP contribution in [0.5, 0.6) is 11.6 Å². The Balaban J connectivity index is 2.25. The van der Waals surface area contributed by atoms with Gasteiger partial charge in [0.15, 0.2) is 0 Å². The summed E-state index contributed by atoms with van der Waals surface area (Å²) in [6.07, 6.45) is 1.36. The number of ether oxygens (including phenoxy) is 1. The molecular weight excluding hydrogens is 197 g/mol. The van der Waals surface area contributed by atoms with Gasteiger partial charge in [-0.25, -0.2) is 9.67 Å². The average Bonchev–Trinajstić information content (AvgIpc) is 2.45. The number of aromatic nitrogens is 3. The zero-order valence-electron chi connectivity index (χ0n) is 8.44. The molecule has 2 aromatic heterocycles. The van der Waals surface area contributed by atoms with Crippen molar-refractivity contribution in [3.05, 3.63) is 36.0 Å². The van der Waals surface area contributed by atoms with E-state index in [4.69, 9.17) is 4.74 Å². The van der Waals surface area contributed by atoms with E-state index < -0.39 is 5.95 Å². The zero-order chi connectivity index (χ0) is 10.8. The molecule has 0 bridgehead atoms. The fourth-order valence-electron chi connectivity index (χ4n) is 1.25. The van der Waals surface area contributed by atoms with Gasteiger partial charge in [-0.2, -0.15) is 9.49 Å². The molecule has 0 aliphatic carbocycles. The van der Waals surface area contributed by atoms with Gasteiger partial charge in [0.25, 0.3) is 0 Å². The summed E-state index contributed by atoms with van der Waals surface area (Å²) >= 11 is 0. The lowest BCUT2D eigenvalue weighted by atomic mass is 10.4. The molecule has 2 rings (SSSR count). The Morgan fingerprint density at radius 2 is 2.20 bits per heavy atom. The van der Waals surface area contributed by atoms with Crippen LogP contribution in [0.25, 0.3) is 0 Å². The molecule has 0 atom stereocenters. The van der Waals surface area contributed by atoms with Crippen LogP contribution in [0, 0.1) is 12.9 Å². The molecule has 0 amide bonds. The lowest BCUT2D eigenvalue weighted by Gasteiger charge is -2.04. The molecule has 0 aliphatic rings. The summed E-state index contributed by atoms with van der Waals surface area (Å²) in [6.45, 7) is 1.86. The number of halogens is 1. The van der Waals surface area contributed by atoms with E-state index in [-0.39, 0.29) is 0 Å². The fraction of sp³-hybridized carbons (Fsp3) is 0.200. The minimum Gasteiger partial charge on any atom is -0.439 e. The summed E-state index contributed by atoms with van der Waals surface area (Å²) in [4.78, 5) is 3.44. The first-order chi connectivity index (χ1) is 7.15. The molecule has 15 heavy (non-hydrogen) atoms. The largest absolute Gasteiger partial charge is 0.439 e. The van der Waals surface area contributed by atoms with E-state index in [0.29, 0.717) is 11.6 Å². The smallest absolute Gasteiger partial charge is 0.217 e. The lowest BCUT2D eigenvalue weighted by molar-refractivity contribution is 0.425. The van der Waals surface area contributed by atoms with E-state index in [2.05, 4.69) is 10.1 Å². The molecule has 0 saturated heterocycles. The molecule has 2 aromatic rings. The van der Waals surface area contributed by atoms with Crippen molar-refractivity contribution in [1.29, 1.82) is 0 Å². The fourth-order valence-corrected chi connectivity index (χ4v) is 1.25. The number of aryl methyl sites for hydroxylation is 2. The van der Waals surface area contributed by atoms with Gasteiger partial charge in [0.2, 0.25) is 11.8 Å². The highest BCUT2D eigenvalue weighted by Gasteiger charge is 2.05. The lowest BCUT2D eigenvalue weighted by Crippen LogP contribution is -1.95. The first-order valence-corrected chi connectivity index (χ1v) is 4.45. The molecule has 0 N–H and O–H groups in total. The highest BCUT2D eigenvalue weighted by atomic mass is 19.1. The second kappa shape index (κ2) is 3.68. The standard InChI is InChI=1S/C10H10FN3O/c1-7-5-10(14(2)13-7)15-8-3-4-12-9(11)6-8/h3-6H,1-2H3. The highest BCUT2D eigenvalue weighted by Crippen LogP contribution is 2.21. The molecule has 0 aliphatic heterocycles. The van der Waals surface area contributed by atoms with Gasteiger partial charge in [0.05, 0.1) is 5.69 Å². The molecule has 4 nitrogen and oxygen atoms in total. The summed E-state index contributed by atoms with van der Waals surface area (Å²) < 4.78 is 19.8. The normalized spacial score (nSPS) is 10.3. The third kappa shape index (κ3) is 2.12. The van der Waals surface area contributed by atoms with Gasteiger partial charge in [-0.3, -0.25) is 0 Å². The highest BCUT2D eigenvalue weighted by molar-refractivity contribution is 5.25. The third-order valence-electron chi connectivity index (χ3n) is 1.88. The Hall–Kier alpha value is -1.91. The molecule has 0 spiro atoms. The van der Waals surface area contributed by atoms with E-state index in [0.717, 1.165) is 5.69 Å². The van der Waals surface area contributed by atoms with E-state index in [1.165, 1.54) is 12.3 Å². The van der Waals surface area contributed by atoms with Crippen LogP contribution in [0.4, 0.5) is 4.39 Å². The van der Waals surface area contributed by atoms with Crippen LogP contribution >= 0.6 is 0 Å². The molecule has 0 aromatic carbocycles. The number of hydrogen-bond donors (Lipinski definition) is 0. The zero-order valence-corrected chi connectivity index (χ0v) is 8.44. The summed E-state index contributed by atoms with van der Waals surface area (Å²) in [5.41, 5.74) is 0.849. The van der Waals surface area contributed by atoms with Gasteiger partial charge >= 0.3 is 0 Å². The van der Waals surface area contributed by atoms with Crippen molar-refractivity contribution >= 4 is 0 Å². The van der Waals surface area contributed by atoms with Crippen molar-refractivity contribution < 1.29 is 9.13 Å². The number of nitrogens with zero attached hydrogens (tertiary/aromatic N) is 3. The van der Waals surface area contributed by atoms with Crippen LogP contribution in [0.2, 0.25) is 0 Å². The summed E-state index contributed by atoms with van der Waals surface area (Å²) in [7, 11) is 1.76. The Morgan fingerprint density at radius 1 is 1.40 bits per heavy atom. The van der Waals surface area contributed by atoms with Crippen molar-refractivity contribution in [2.75, 3.05) is 0 Å². The van der Waals surface area contributed by atoms with E-state index >= 15 is 0 Å². The maximum atomic E-state index is 12.8. The monoisotopic (exact) mass is 207 g/mol. The Labute approximate surface area is 86.3 Å². The molecule has 2 heterocycles. The number of rotatable bonds is 2. The van der Waals surface area contributed by atoms with Crippen molar-refractivity contribution in [3.8, 4) is 11.6 Å². The van der Waals surface area contributed by atoms with Gasteiger partial charge in [0.1, 0.15) is 5.75 Å². The Kier molecular flexibility index (Phi) is 2.37. The summed E-state index contributed by atoms with van der Waals surface area (Å²) in [5.74, 6) is 0.412. The number of pyridine rings is 1. The molecule has 78 valence electrons. The van der Waals surface area contributed by atoms with E-state index in [9.17, 15) is 4.39 Å². The summed E-state index contributed by atoms with van der Waals surface area (Å²) in [6, 6.07) is 4.59.